The second-order valence-corrected chi connectivity index (χ2v) is 6.69. The summed E-state index contributed by atoms with van der Waals surface area (Å²) in [7, 11) is 0. The van der Waals surface area contributed by atoms with Crippen LogP contribution in [0.4, 0.5) is 5.69 Å². The molecule has 0 radical (unpaired) electrons. The van der Waals surface area contributed by atoms with Crippen LogP contribution in [-0.4, -0.2) is 5.11 Å². The Morgan fingerprint density at radius 3 is 2.32 bits per heavy atom. The molecule has 0 aliphatic rings. The fourth-order valence-electron chi connectivity index (χ4n) is 2.46. The van der Waals surface area contributed by atoms with Gasteiger partial charge in [0.15, 0.2) is 5.11 Å². The van der Waals surface area contributed by atoms with Gasteiger partial charge in [-0.2, -0.15) is 0 Å². The van der Waals surface area contributed by atoms with Crippen LogP contribution in [0.15, 0.2) is 72.8 Å². The number of hydrogen-bond acceptors (Lipinski definition) is 1. The van der Waals surface area contributed by atoms with E-state index >= 15 is 0 Å². The van der Waals surface area contributed by atoms with Gasteiger partial charge in [0.2, 0.25) is 0 Å². The third kappa shape index (κ3) is 4.73. The maximum Gasteiger partial charge on any atom is 0.171 e. The van der Waals surface area contributed by atoms with E-state index in [1.165, 1.54) is 0 Å². The van der Waals surface area contributed by atoms with E-state index in [9.17, 15) is 0 Å². The molecule has 0 aromatic heterocycles. The van der Waals surface area contributed by atoms with Gasteiger partial charge >= 0.3 is 0 Å². The average Bonchev–Trinajstić information content (AvgIpc) is 2.64. The van der Waals surface area contributed by atoms with Gasteiger partial charge in [-0.05, 0) is 41.5 Å². The Bertz CT molecular complexity index is 882. The highest BCUT2D eigenvalue weighted by Gasteiger charge is 2.06. The van der Waals surface area contributed by atoms with Gasteiger partial charge in [0.25, 0.3) is 0 Å². The lowest BCUT2D eigenvalue weighted by Crippen LogP contribution is -2.28. The third-order valence-corrected chi connectivity index (χ3v) is 4.68. The van der Waals surface area contributed by atoms with Crippen LogP contribution in [0, 0.1) is 0 Å². The normalized spacial score (nSPS) is 10.3. The van der Waals surface area contributed by atoms with Crippen molar-refractivity contribution in [1.29, 1.82) is 0 Å². The van der Waals surface area contributed by atoms with Crippen molar-refractivity contribution in [2.24, 2.45) is 0 Å². The van der Waals surface area contributed by atoms with Crippen LogP contribution in [0.25, 0.3) is 11.1 Å². The Kier molecular flexibility index (Phi) is 5.92. The zero-order chi connectivity index (χ0) is 17.6. The third-order valence-electron chi connectivity index (χ3n) is 3.70. The van der Waals surface area contributed by atoms with Crippen molar-refractivity contribution in [1.82, 2.24) is 5.32 Å². The zero-order valence-corrected chi connectivity index (χ0v) is 15.6. The first-order valence-electron chi connectivity index (χ1n) is 7.77. The van der Waals surface area contributed by atoms with E-state index in [0.717, 1.165) is 22.4 Å². The largest absolute Gasteiger partial charge is 0.358 e. The molecule has 5 heteroatoms. The minimum atomic E-state index is 0.536. The Balaban J connectivity index is 1.68. The smallest absolute Gasteiger partial charge is 0.171 e. The highest BCUT2D eigenvalue weighted by Crippen LogP contribution is 2.27. The summed E-state index contributed by atoms with van der Waals surface area (Å²) in [6.45, 7) is 0.566. The molecule has 0 atom stereocenters. The van der Waals surface area contributed by atoms with E-state index in [4.69, 9.17) is 35.4 Å². The topological polar surface area (TPSA) is 24.1 Å². The van der Waals surface area contributed by atoms with E-state index in [-0.39, 0.29) is 0 Å². The molecular formula is C20H16Cl2N2S. The summed E-state index contributed by atoms with van der Waals surface area (Å²) in [5.74, 6) is 0. The Morgan fingerprint density at radius 2 is 1.56 bits per heavy atom. The number of hydrogen-bond donors (Lipinski definition) is 2. The van der Waals surface area contributed by atoms with Gasteiger partial charge < -0.3 is 10.6 Å². The molecule has 0 heterocycles. The first kappa shape index (κ1) is 17.7. The van der Waals surface area contributed by atoms with Crippen molar-refractivity contribution in [3.05, 3.63) is 88.4 Å². The van der Waals surface area contributed by atoms with E-state index in [2.05, 4.69) is 28.8 Å². The predicted octanol–water partition coefficient (Wildman–Crippen LogP) is 6.15. The number of para-hydroxylation sites is 1. The second-order valence-electron chi connectivity index (χ2n) is 5.47. The molecule has 0 saturated heterocycles. The van der Waals surface area contributed by atoms with E-state index in [0.29, 0.717) is 21.7 Å². The van der Waals surface area contributed by atoms with Crippen LogP contribution in [0.1, 0.15) is 5.56 Å². The summed E-state index contributed by atoms with van der Waals surface area (Å²) in [5.41, 5.74) is 4.20. The van der Waals surface area contributed by atoms with Gasteiger partial charge in [0.05, 0.1) is 10.0 Å². The molecular weight excluding hydrogens is 371 g/mol. The summed E-state index contributed by atoms with van der Waals surface area (Å²) < 4.78 is 0. The molecule has 3 aromatic carbocycles. The van der Waals surface area contributed by atoms with Crippen molar-refractivity contribution < 1.29 is 0 Å². The monoisotopic (exact) mass is 386 g/mol. The van der Waals surface area contributed by atoms with Crippen molar-refractivity contribution >= 4 is 46.2 Å². The first-order chi connectivity index (χ1) is 12.1. The molecule has 25 heavy (non-hydrogen) atoms. The van der Waals surface area contributed by atoms with E-state index in [1.807, 2.05) is 48.5 Å². The molecule has 0 unspecified atom stereocenters. The molecule has 3 aromatic rings. The summed E-state index contributed by atoms with van der Waals surface area (Å²) in [6.07, 6.45) is 0. The molecule has 0 bridgehead atoms. The quantitative estimate of drug-likeness (QED) is 0.526. The fourth-order valence-corrected chi connectivity index (χ4v) is 2.96. The summed E-state index contributed by atoms with van der Waals surface area (Å²) in [5, 5.41) is 8.09. The Morgan fingerprint density at radius 1 is 0.840 bits per heavy atom. The number of rotatable bonds is 4. The van der Waals surface area contributed by atoms with Crippen LogP contribution in [0.5, 0.6) is 0 Å². The van der Waals surface area contributed by atoms with E-state index in [1.54, 1.807) is 6.07 Å². The molecule has 0 saturated carbocycles. The summed E-state index contributed by atoms with van der Waals surface area (Å²) in [6, 6.07) is 23.8. The number of halogens is 2. The maximum atomic E-state index is 6.04. The predicted molar refractivity (Wildman–Crippen MR) is 111 cm³/mol. The first-order valence-corrected chi connectivity index (χ1v) is 8.93. The Hall–Kier alpha value is -2.07. The molecule has 0 amide bonds. The lowest BCUT2D eigenvalue weighted by Gasteiger charge is -2.14. The molecule has 0 fully saturated rings. The molecule has 2 nitrogen and oxygen atoms in total. The highest BCUT2D eigenvalue weighted by molar-refractivity contribution is 7.80. The standard InChI is InChI=1S/C20H16Cl2N2S/c21-17-11-10-14(12-18(17)22)13-23-20(25)24-19-9-5-4-8-16(19)15-6-2-1-3-7-15/h1-12H,13H2,(H2,23,24,25). The molecule has 0 spiro atoms. The molecule has 126 valence electrons. The van der Waals surface area contributed by atoms with Crippen molar-refractivity contribution in [2.75, 3.05) is 5.32 Å². The van der Waals surface area contributed by atoms with Gasteiger partial charge in [0, 0.05) is 17.8 Å². The van der Waals surface area contributed by atoms with Crippen molar-refractivity contribution in [3.63, 3.8) is 0 Å². The number of anilines is 1. The summed E-state index contributed by atoms with van der Waals surface area (Å²) >= 11 is 17.4. The van der Waals surface area contributed by atoms with E-state index < -0.39 is 0 Å². The Labute approximate surface area is 162 Å². The SMILES string of the molecule is S=C(NCc1ccc(Cl)c(Cl)c1)Nc1ccccc1-c1ccccc1. The van der Waals surface area contributed by atoms with Crippen LogP contribution < -0.4 is 10.6 Å². The zero-order valence-electron chi connectivity index (χ0n) is 13.3. The molecule has 2 N–H and O–H groups in total. The van der Waals surface area contributed by atoms with Crippen molar-refractivity contribution in [2.45, 2.75) is 6.54 Å². The minimum absolute atomic E-state index is 0.536. The molecule has 0 aliphatic carbocycles. The fraction of sp³-hybridized carbons (Fsp3) is 0.0500. The van der Waals surface area contributed by atoms with Crippen LogP contribution in [0.2, 0.25) is 10.0 Å². The summed E-state index contributed by atoms with van der Waals surface area (Å²) in [4.78, 5) is 0. The van der Waals surface area contributed by atoms with Gasteiger partial charge in [-0.15, -0.1) is 0 Å². The number of nitrogens with one attached hydrogen (secondary N) is 2. The van der Waals surface area contributed by atoms with Crippen LogP contribution >= 0.6 is 35.4 Å². The van der Waals surface area contributed by atoms with Gasteiger partial charge in [-0.1, -0.05) is 77.8 Å². The second kappa shape index (κ2) is 8.34. The highest BCUT2D eigenvalue weighted by atomic mass is 35.5. The van der Waals surface area contributed by atoms with Crippen molar-refractivity contribution in [3.8, 4) is 11.1 Å². The van der Waals surface area contributed by atoms with Crippen LogP contribution in [-0.2, 0) is 6.54 Å². The number of benzene rings is 3. The van der Waals surface area contributed by atoms with Gasteiger partial charge in [-0.25, -0.2) is 0 Å². The van der Waals surface area contributed by atoms with Crippen LogP contribution in [0.3, 0.4) is 0 Å². The van der Waals surface area contributed by atoms with Gasteiger partial charge in [-0.3, -0.25) is 0 Å². The average molecular weight is 387 g/mol. The lowest BCUT2D eigenvalue weighted by atomic mass is 10.0. The minimum Gasteiger partial charge on any atom is -0.358 e. The molecule has 0 aliphatic heterocycles. The number of thiocarbonyl (C=S) groups is 1. The maximum absolute atomic E-state index is 6.04. The van der Waals surface area contributed by atoms with Gasteiger partial charge in [0.1, 0.15) is 0 Å². The lowest BCUT2D eigenvalue weighted by molar-refractivity contribution is 0.926. The molecule has 3 rings (SSSR count).